The molecule has 0 aliphatic carbocycles. The predicted octanol–water partition coefficient (Wildman–Crippen LogP) is 3.19. The molecule has 1 aromatic rings. The lowest BCUT2D eigenvalue weighted by Crippen LogP contribution is -2.33. The number of ether oxygens (including phenoxy) is 1. The number of nitrogens with one attached hydrogen (secondary N) is 2. The highest BCUT2D eigenvalue weighted by Gasteiger charge is 2.12. The Hall–Kier alpha value is -1.46. The summed E-state index contributed by atoms with van der Waals surface area (Å²) in [6, 6.07) is 3.12. The molecule has 0 spiro atoms. The van der Waals surface area contributed by atoms with Crippen LogP contribution in [0.25, 0.3) is 0 Å². The summed E-state index contributed by atoms with van der Waals surface area (Å²) in [5.41, 5.74) is 1.43. The number of amides is 2. The lowest BCUT2D eigenvalue weighted by atomic mass is 10.1. The maximum atomic E-state index is 11.9. The summed E-state index contributed by atoms with van der Waals surface area (Å²) in [6.07, 6.45) is 0.271. The van der Waals surface area contributed by atoms with Crippen LogP contribution in [0.1, 0.15) is 25.8 Å². The molecule has 0 aliphatic rings. The van der Waals surface area contributed by atoms with E-state index in [0.29, 0.717) is 29.4 Å². The van der Waals surface area contributed by atoms with Crippen LogP contribution in [0, 0.1) is 12.8 Å². The van der Waals surface area contributed by atoms with Crippen molar-refractivity contribution in [3.8, 4) is 5.75 Å². The van der Waals surface area contributed by atoms with Crippen molar-refractivity contribution in [2.24, 2.45) is 5.92 Å². The molecular weight excluding hydrogens is 292 g/mol. The number of anilines is 1. The first-order valence-corrected chi connectivity index (χ1v) is 7.28. The predicted molar refractivity (Wildman–Crippen MR) is 85.2 cm³/mol. The zero-order chi connectivity index (χ0) is 16.0. The second kappa shape index (κ2) is 8.10. The molecule has 21 heavy (non-hydrogen) atoms. The fraction of sp³-hybridized carbons (Fsp3) is 0.533. The molecule has 0 bridgehead atoms. The van der Waals surface area contributed by atoms with E-state index in [1.165, 1.54) is 7.11 Å². The summed E-state index contributed by atoms with van der Waals surface area (Å²) in [5, 5.41) is 15.4. The van der Waals surface area contributed by atoms with E-state index in [0.717, 1.165) is 5.56 Å². The smallest absolute Gasteiger partial charge is 0.319 e. The number of halogens is 1. The minimum atomic E-state index is -0.371. The maximum absolute atomic E-state index is 11.9. The third-order valence-electron chi connectivity index (χ3n) is 3.08. The summed E-state index contributed by atoms with van der Waals surface area (Å²) in [6.45, 7) is 6.05. The van der Waals surface area contributed by atoms with Crippen molar-refractivity contribution >= 4 is 23.3 Å². The van der Waals surface area contributed by atoms with Crippen LogP contribution in [-0.2, 0) is 0 Å². The molecule has 1 rings (SSSR count). The van der Waals surface area contributed by atoms with Crippen LogP contribution in [-0.4, -0.2) is 30.9 Å². The molecule has 2 atom stereocenters. The van der Waals surface area contributed by atoms with Gasteiger partial charge in [0.2, 0.25) is 0 Å². The van der Waals surface area contributed by atoms with Crippen molar-refractivity contribution in [2.75, 3.05) is 19.0 Å². The Morgan fingerprint density at radius 2 is 2.10 bits per heavy atom. The van der Waals surface area contributed by atoms with Gasteiger partial charge in [-0.1, -0.05) is 18.5 Å². The van der Waals surface area contributed by atoms with Gasteiger partial charge in [0.15, 0.2) is 0 Å². The van der Waals surface area contributed by atoms with Gasteiger partial charge in [0.25, 0.3) is 0 Å². The molecule has 0 aromatic heterocycles. The third-order valence-corrected chi connectivity index (χ3v) is 3.49. The lowest BCUT2D eigenvalue weighted by molar-refractivity contribution is 0.163. The number of aryl methyl sites for hydroxylation is 1. The first-order chi connectivity index (χ1) is 9.83. The van der Waals surface area contributed by atoms with Crippen molar-refractivity contribution in [3.05, 3.63) is 22.7 Å². The summed E-state index contributed by atoms with van der Waals surface area (Å²) in [5.74, 6) is 0.711. The Bertz CT molecular complexity index is 492. The number of aliphatic hydroxyl groups excluding tert-OH is 1. The van der Waals surface area contributed by atoms with E-state index in [-0.39, 0.29) is 18.1 Å². The third kappa shape index (κ3) is 5.81. The van der Waals surface area contributed by atoms with E-state index < -0.39 is 0 Å². The van der Waals surface area contributed by atoms with Gasteiger partial charge in [0, 0.05) is 17.6 Å². The molecular formula is C15H23ClN2O3. The van der Waals surface area contributed by atoms with E-state index in [4.69, 9.17) is 16.3 Å². The van der Waals surface area contributed by atoms with Crippen LogP contribution in [0.15, 0.2) is 12.1 Å². The van der Waals surface area contributed by atoms with Gasteiger partial charge in [-0.15, -0.1) is 0 Å². The van der Waals surface area contributed by atoms with E-state index in [1.807, 2.05) is 13.8 Å². The average molecular weight is 315 g/mol. The van der Waals surface area contributed by atoms with E-state index in [2.05, 4.69) is 10.6 Å². The van der Waals surface area contributed by atoms with Gasteiger partial charge in [-0.3, -0.25) is 0 Å². The number of hydrogen-bond acceptors (Lipinski definition) is 3. The summed E-state index contributed by atoms with van der Waals surface area (Å²) < 4.78 is 5.20. The highest BCUT2D eigenvalue weighted by molar-refractivity contribution is 6.31. The molecule has 0 radical (unpaired) electrons. The number of benzene rings is 1. The van der Waals surface area contributed by atoms with E-state index >= 15 is 0 Å². The van der Waals surface area contributed by atoms with Gasteiger partial charge in [-0.05, 0) is 37.8 Å². The second-order valence-electron chi connectivity index (χ2n) is 5.33. The minimum absolute atomic E-state index is 0.199. The fourth-order valence-electron chi connectivity index (χ4n) is 2.03. The zero-order valence-electron chi connectivity index (χ0n) is 12.9. The molecule has 0 saturated heterocycles. The van der Waals surface area contributed by atoms with Crippen LogP contribution < -0.4 is 15.4 Å². The van der Waals surface area contributed by atoms with Crippen molar-refractivity contribution in [3.63, 3.8) is 0 Å². The monoisotopic (exact) mass is 314 g/mol. The average Bonchev–Trinajstić information content (AvgIpc) is 2.39. The Balaban J connectivity index is 2.61. The number of carbonyl (C=O) groups excluding carboxylic acids is 1. The largest absolute Gasteiger partial charge is 0.495 e. The molecule has 0 saturated carbocycles. The minimum Gasteiger partial charge on any atom is -0.495 e. The highest BCUT2D eigenvalue weighted by Crippen LogP contribution is 2.30. The zero-order valence-corrected chi connectivity index (χ0v) is 13.6. The number of rotatable bonds is 6. The van der Waals surface area contributed by atoms with Crippen molar-refractivity contribution in [1.82, 2.24) is 5.32 Å². The van der Waals surface area contributed by atoms with Crippen molar-refractivity contribution < 1.29 is 14.6 Å². The summed E-state index contributed by atoms with van der Waals surface area (Å²) in [4.78, 5) is 11.9. The molecule has 0 heterocycles. The van der Waals surface area contributed by atoms with Crippen LogP contribution in [0.4, 0.5) is 10.5 Å². The number of aliphatic hydroxyl groups is 1. The molecule has 3 N–H and O–H groups in total. The molecule has 2 amide bonds. The van der Waals surface area contributed by atoms with Gasteiger partial charge >= 0.3 is 6.03 Å². The van der Waals surface area contributed by atoms with Gasteiger partial charge in [0.05, 0.1) is 18.9 Å². The normalized spacial score (nSPS) is 13.4. The Kier molecular flexibility index (Phi) is 6.78. The van der Waals surface area contributed by atoms with Gasteiger partial charge in [-0.2, -0.15) is 0 Å². The molecule has 0 fully saturated rings. The quantitative estimate of drug-likeness (QED) is 0.755. The standard InChI is InChI=1S/C15H23ClN2O3/c1-9(5-11(3)19)8-17-15(20)18-13-6-10(2)12(16)7-14(13)21-4/h6-7,9,11,19H,5,8H2,1-4H3,(H2,17,18,20). The Labute approximate surface area is 130 Å². The summed E-state index contributed by atoms with van der Waals surface area (Å²) in [7, 11) is 1.52. The number of carbonyl (C=O) groups is 1. The summed E-state index contributed by atoms with van der Waals surface area (Å²) >= 11 is 6.02. The first-order valence-electron chi connectivity index (χ1n) is 6.90. The van der Waals surface area contributed by atoms with E-state index in [1.54, 1.807) is 19.1 Å². The lowest BCUT2D eigenvalue weighted by Gasteiger charge is -2.16. The Morgan fingerprint density at radius 1 is 1.43 bits per heavy atom. The fourth-order valence-corrected chi connectivity index (χ4v) is 2.18. The number of methoxy groups -OCH3 is 1. The molecule has 0 aliphatic heterocycles. The molecule has 118 valence electrons. The van der Waals surface area contributed by atoms with Crippen LogP contribution in [0.2, 0.25) is 5.02 Å². The van der Waals surface area contributed by atoms with Crippen LogP contribution in [0.3, 0.4) is 0 Å². The van der Waals surface area contributed by atoms with E-state index in [9.17, 15) is 9.90 Å². The maximum Gasteiger partial charge on any atom is 0.319 e. The molecule has 2 unspecified atom stereocenters. The first kappa shape index (κ1) is 17.6. The molecule has 6 heteroatoms. The van der Waals surface area contributed by atoms with Crippen molar-refractivity contribution in [1.29, 1.82) is 0 Å². The Morgan fingerprint density at radius 3 is 2.67 bits per heavy atom. The topological polar surface area (TPSA) is 70.6 Å². The van der Waals surface area contributed by atoms with Gasteiger partial charge in [-0.25, -0.2) is 4.79 Å². The van der Waals surface area contributed by atoms with Gasteiger partial charge in [0.1, 0.15) is 5.75 Å². The molecule has 1 aromatic carbocycles. The van der Waals surface area contributed by atoms with Crippen LogP contribution >= 0.6 is 11.6 Å². The highest BCUT2D eigenvalue weighted by atomic mass is 35.5. The van der Waals surface area contributed by atoms with Crippen molar-refractivity contribution in [2.45, 2.75) is 33.3 Å². The second-order valence-corrected chi connectivity index (χ2v) is 5.73. The van der Waals surface area contributed by atoms with Gasteiger partial charge < -0.3 is 20.5 Å². The number of hydrogen-bond donors (Lipinski definition) is 3. The SMILES string of the molecule is COc1cc(Cl)c(C)cc1NC(=O)NCC(C)CC(C)O. The number of urea groups is 1. The molecule has 5 nitrogen and oxygen atoms in total. The van der Waals surface area contributed by atoms with Crippen LogP contribution in [0.5, 0.6) is 5.75 Å².